The number of rotatable bonds is 4. The standard InChI is InChI=1S/C14H10ClNO5/c15-10-3-6-13(17)12(7-10)14(18)21-8-9-1-4-11(5-2-9)16(19)20/h1-7,17H,8H2. The van der Waals surface area contributed by atoms with Crippen molar-refractivity contribution >= 4 is 23.3 Å². The maximum absolute atomic E-state index is 11.8. The Labute approximate surface area is 124 Å². The van der Waals surface area contributed by atoms with Crippen LogP contribution in [0.3, 0.4) is 0 Å². The molecule has 0 aliphatic carbocycles. The molecule has 0 bridgehead atoms. The molecule has 0 aromatic heterocycles. The number of non-ortho nitro benzene ring substituents is 1. The molecule has 108 valence electrons. The van der Waals surface area contributed by atoms with E-state index in [0.717, 1.165) is 0 Å². The van der Waals surface area contributed by atoms with Crippen LogP contribution in [0.4, 0.5) is 5.69 Å². The van der Waals surface area contributed by atoms with Gasteiger partial charge in [0, 0.05) is 17.2 Å². The number of esters is 1. The molecular formula is C14H10ClNO5. The third-order valence-electron chi connectivity index (χ3n) is 2.70. The zero-order valence-corrected chi connectivity index (χ0v) is 11.4. The summed E-state index contributed by atoms with van der Waals surface area (Å²) in [7, 11) is 0. The van der Waals surface area contributed by atoms with Gasteiger partial charge in [-0.25, -0.2) is 4.79 Å². The quantitative estimate of drug-likeness (QED) is 0.531. The third-order valence-corrected chi connectivity index (χ3v) is 2.93. The Morgan fingerprint density at radius 2 is 1.90 bits per heavy atom. The maximum Gasteiger partial charge on any atom is 0.342 e. The molecule has 2 aromatic rings. The lowest BCUT2D eigenvalue weighted by Crippen LogP contribution is -2.05. The molecular weight excluding hydrogens is 298 g/mol. The summed E-state index contributed by atoms with van der Waals surface area (Å²) in [6.07, 6.45) is 0. The predicted octanol–water partition coefficient (Wildman–Crippen LogP) is 3.31. The summed E-state index contributed by atoms with van der Waals surface area (Å²) in [4.78, 5) is 21.8. The largest absolute Gasteiger partial charge is 0.507 e. The number of phenols is 1. The summed E-state index contributed by atoms with van der Waals surface area (Å²) in [5.41, 5.74) is 0.512. The van der Waals surface area contributed by atoms with Gasteiger partial charge in [-0.3, -0.25) is 10.1 Å². The molecule has 0 fully saturated rings. The highest BCUT2D eigenvalue weighted by molar-refractivity contribution is 6.31. The number of carbonyl (C=O) groups excluding carboxylic acids is 1. The first-order chi connectivity index (χ1) is 9.97. The van der Waals surface area contributed by atoms with Gasteiger partial charge in [0.2, 0.25) is 0 Å². The Bertz CT molecular complexity index is 684. The highest BCUT2D eigenvalue weighted by atomic mass is 35.5. The van der Waals surface area contributed by atoms with Crippen molar-refractivity contribution in [3.63, 3.8) is 0 Å². The van der Waals surface area contributed by atoms with Crippen LogP contribution >= 0.6 is 11.6 Å². The molecule has 0 radical (unpaired) electrons. The lowest BCUT2D eigenvalue weighted by atomic mass is 10.2. The molecule has 0 amide bonds. The van der Waals surface area contributed by atoms with Gasteiger partial charge in [-0.05, 0) is 35.9 Å². The minimum absolute atomic E-state index is 0.0376. The molecule has 0 aliphatic rings. The monoisotopic (exact) mass is 307 g/mol. The minimum atomic E-state index is -0.728. The van der Waals surface area contributed by atoms with Crippen LogP contribution in [0.25, 0.3) is 0 Å². The van der Waals surface area contributed by atoms with Crippen molar-refractivity contribution in [2.45, 2.75) is 6.61 Å². The van der Waals surface area contributed by atoms with Gasteiger partial charge in [-0.15, -0.1) is 0 Å². The Morgan fingerprint density at radius 3 is 2.52 bits per heavy atom. The molecule has 2 aromatic carbocycles. The molecule has 0 aliphatic heterocycles. The van der Waals surface area contributed by atoms with Crippen LogP contribution in [-0.2, 0) is 11.3 Å². The van der Waals surface area contributed by atoms with Gasteiger partial charge in [-0.2, -0.15) is 0 Å². The van der Waals surface area contributed by atoms with Crippen LogP contribution in [0, 0.1) is 10.1 Å². The van der Waals surface area contributed by atoms with Crippen LogP contribution in [0.15, 0.2) is 42.5 Å². The van der Waals surface area contributed by atoms with E-state index < -0.39 is 10.9 Å². The fraction of sp³-hybridized carbons (Fsp3) is 0.0714. The first-order valence-corrected chi connectivity index (χ1v) is 6.24. The number of nitrogens with zero attached hydrogens (tertiary/aromatic N) is 1. The van der Waals surface area contributed by atoms with Crippen molar-refractivity contribution in [3.05, 3.63) is 68.7 Å². The third kappa shape index (κ3) is 3.70. The van der Waals surface area contributed by atoms with Crippen LogP contribution < -0.4 is 0 Å². The summed E-state index contributed by atoms with van der Waals surface area (Å²) in [5, 5.41) is 20.4. The molecule has 0 heterocycles. The number of carbonyl (C=O) groups is 1. The second-order valence-electron chi connectivity index (χ2n) is 4.16. The number of halogens is 1. The molecule has 1 N–H and O–H groups in total. The number of nitro benzene ring substituents is 1. The molecule has 0 atom stereocenters. The maximum atomic E-state index is 11.8. The molecule has 21 heavy (non-hydrogen) atoms. The Balaban J connectivity index is 2.04. The number of aromatic hydroxyl groups is 1. The number of benzene rings is 2. The molecule has 0 saturated carbocycles. The van der Waals surface area contributed by atoms with Crippen molar-refractivity contribution in [3.8, 4) is 5.75 Å². The van der Waals surface area contributed by atoms with E-state index in [1.807, 2.05) is 0 Å². The Hall–Kier alpha value is -2.60. The van der Waals surface area contributed by atoms with E-state index in [1.165, 1.54) is 42.5 Å². The molecule has 0 spiro atoms. The van der Waals surface area contributed by atoms with E-state index in [-0.39, 0.29) is 23.6 Å². The number of nitro groups is 1. The topological polar surface area (TPSA) is 89.7 Å². The van der Waals surface area contributed by atoms with Gasteiger partial charge < -0.3 is 9.84 Å². The van der Waals surface area contributed by atoms with Crippen LogP contribution in [0.5, 0.6) is 5.75 Å². The normalized spacial score (nSPS) is 10.1. The minimum Gasteiger partial charge on any atom is -0.507 e. The highest BCUT2D eigenvalue weighted by Gasteiger charge is 2.13. The van der Waals surface area contributed by atoms with Crippen molar-refractivity contribution in [1.82, 2.24) is 0 Å². The Kier molecular flexibility index (Phi) is 4.39. The summed E-state index contributed by atoms with van der Waals surface area (Å²) >= 11 is 5.74. The van der Waals surface area contributed by atoms with Gasteiger partial charge in [0.05, 0.1) is 4.92 Å². The smallest absolute Gasteiger partial charge is 0.342 e. The van der Waals surface area contributed by atoms with E-state index in [4.69, 9.17) is 16.3 Å². The summed E-state index contributed by atoms with van der Waals surface area (Å²) in [6, 6.07) is 9.66. The molecule has 0 saturated heterocycles. The Morgan fingerprint density at radius 1 is 1.24 bits per heavy atom. The van der Waals surface area contributed by atoms with Gasteiger partial charge in [0.15, 0.2) is 0 Å². The number of phenolic OH excluding ortho intramolecular Hbond substituents is 1. The molecule has 6 nitrogen and oxygen atoms in total. The van der Waals surface area contributed by atoms with E-state index in [0.29, 0.717) is 10.6 Å². The van der Waals surface area contributed by atoms with Crippen molar-refractivity contribution in [1.29, 1.82) is 0 Å². The van der Waals surface area contributed by atoms with E-state index in [9.17, 15) is 20.0 Å². The van der Waals surface area contributed by atoms with Crippen molar-refractivity contribution in [2.24, 2.45) is 0 Å². The summed E-state index contributed by atoms with van der Waals surface area (Å²) < 4.78 is 5.02. The molecule has 0 unspecified atom stereocenters. The lowest BCUT2D eigenvalue weighted by Gasteiger charge is -2.06. The fourth-order valence-electron chi connectivity index (χ4n) is 1.61. The molecule has 2 rings (SSSR count). The first kappa shape index (κ1) is 14.8. The van der Waals surface area contributed by atoms with Crippen LogP contribution in [0.1, 0.15) is 15.9 Å². The first-order valence-electron chi connectivity index (χ1n) is 5.86. The van der Waals surface area contributed by atoms with E-state index >= 15 is 0 Å². The number of ether oxygens (including phenoxy) is 1. The van der Waals surface area contributed by atoms with Crippen molar-refractivity contribution < 1.29 is 19.6 Å². The van der Waals surface area contributed by atoms with E-state index in [2.05, 4.69) is 0 Å². The van der Waals surface area contributed by atoms with E-state index in [1.54, 1.807) is 0 Å². The van der Waals surface area contributed by atoms with Crippen molar-refractivity contribution in [2.75, 3.05) is 0 Å². The second kappa shape index (κ2) is 6.23. The predicted molar refractivity (Wildman–Crippen MR) is 75.3 cm³/mol. The highest BCUT2D eigenvalue weighted by Crippen LogP contribution is 2.22. The number of hydrogen-bond donors (Lipinski definition) is 1. The van der Waals surface area contributed by atoms with Gasteiger partial charge in [0.25, 0.3) is 5.69 Å². The average molecular weight is 308 g/mol. The SMILES string of the molecule is O=C(OCc1ccc([N+](=O)[O-])cc1)c1cc(Cl)ccc1O. The van der Waals surface area contributed by atoms with Gasteiger partial charge in [-0.1, -0.05) is 11.6 Å². The van der Waals surface area contributed by atoms with Crippen LogP contribution in [-0.4, -0.2) is 16.0 Å². The fourth-order valence-corrected chi connectivity index (χ4v) is 1.78. The molecule has 7 heteroatoms. The second-order valence-corrected chi connectivity index (χ2v) is 4.60. The van der Waals surface area contributed by atoms with Gasteiger partial charge >= 0.3 is 5.97 Å². The summed E-state index contributed by atoms with van der Waals surface area (Å²) in [5.74, 6) is -0.957. The van der Waals surface area contributed by atoms with Gasteiger partial charge in [0.1, 0.15) is 17.9 Å². The summed E-state index contributed by atoms with van der Waals surface area (Å²) in [6.45, 7) is -0.0667. The average Bonchev–Trinajstić information content (AvgIpc) is 2.47. The zero-order chi connectivity index (χ0) is 15.4. The lowest BCUT2D eigenvalue weighted by molar-refractivity contribution is -0.384. The number of hydrogen-bond acceptors (Lipinski definition) is 5. The van der Waals surface area contributed by atoms with Crippen LogP contribution in [0.2, 0.25) is 5.02 Å². The zero-order valence-electron chi connectivity index (χ0n) is 10.7.